The van der Waals surface area contributed by atoms with Crippen LogP contribution in [0.1, 0.15) is 36.8 Å². The zero-order valence-corrected chi connectivity index (χ0v) is 26.4. The Bertz CT molecular complexity index is 1370. The van der Waals surface area contributed by atoms with Crippen LogP contribution in [-0.4, -0.2) is 120 Å². The number of carbonyl (C=O) groups is 3. The minimum absolute atomic E-state index is 0.0110. The molecule has 0 aromatic heterocycles. The molecule has 0 spiro atoms. The average Bonchev–Trinajstić information content (AvgIpc) is 3.24. The maximum atomic E-state index is 13.8. The first-order valence-electron chi connectivity index (χ1n) is 16.2. The Balaban J connectivity index is 1.07. The monoisotopic (exact) mass is 638 g/mol. The molecule has 2 aromatic rings. The van der Waals surface area contributed by atoms with Gasteiger partial charge in [-0.1, -0.05) is 35.9 Å². The van der Waals surface area contributed by atoms with Crippen molar-refractivity contribution in [2.45, 2.75) is 56.7 Å². The first kappa shape index (κ1) is 31.4. The summed E-state index contributed by atoms with van der Waals surface area (Å²) < 4.78 is 5.96. The van der Waals surface area contributed by atoms with Crippen molar-refractivity contribution in [3.05, 3.63) is 58.6 Å². The van der Waals surface area contributed by atoms with E-state index in [2.05, 4.69) is 15.5 Å². The number of benzene rings is 2. The number of nitrogens with zero attached hydrogens (tertiary/aromatic N) is 4. The van der Waals surface area contributed by atoms with Crippen LogP contribution in [0, 0.1) is 0 Å². The minimum Gasteiger partial charge on any atom is -0.506 e. The SMILES string of the molecule is O=C(OC(Cc1ccc(O)c(Cl)c1)C(=O)N1CCC(N2CCNCC2)CC1)N1CCC(N2CCc3ccccc3NC2=O)CC1. The quantitative estimate of drug-likeness (QED) is 0.443. The van der Waals surface area contributed by atoms with Crippen molar-refractivity contribution < 1.29 is 24.2 Å². The minimum atomic E-state index is -1.01. The Morgan fingerprint density at radius 1 is 0.911 bits per heavy atom. The number of para-hydroxylation sites is 1. The van der Waals surface area contributed by atoms with E-state index in [1.807, 2.05) is 34.1 Å². The molecule has 45 heavy (non-hydrogen) atoms. The van der Waals surface area contributed by atoms with Crippen molar-refractivity contribution >= 4 is 35.3 Å². The summed E-state index contributed by atoms with van der Waals surface area (Å²) in [6.07, 6.45) is 2.43. The Morgan fingerprint density at radius 3 is 2.33 bits per heavy atom. The Morgan fingerprint density at radius 2 is 1.60 bits per heavy atom. The zero-order chi connectivity index (χ0) is 31.3. The molecular weight excluding hydrogens is 596 g/mol. The second kappa shape index (κ2) is 14.3. The fourth-order valence-corrected chi connectivity index (χ4v) is 7.27. The highest BCUT2D eigenvalue weighted by Crippen LogP contribution is 2.27. The van der Waals surface area contributed by atoms with Gasteiger partial charge in [-0.25, -0.2) is 9.59 Å². The maximum Gasteiger partial charge on any atom is 0.410 e. The van der Waals surface area contributed by atoms with Gasteiger partial charge in [-0.05, 0) is 61.4 Å². The standard InChI is InChI=1S/C33H43ClN6O5/c34-27-21-23(5-6-29(27)41)22-30(31(42)38-14-8-25(9-15-38)37-19-12-35-13-20-37)45-33(44)39-16-10-26(11-17-39)40-18-7-24-3-1-2-4-28(24)36-32(40)43/h1-6,21,25-26,30,35,41H,7-20,22H2,(H,36,43). The number of hydrogen-bond acceptors (Lipinski definition) is 7. The lowest BCUT2D eigenvalue weighted by Gasteiger charge is -2.41. The summed E-state index contributed by atoms with van der Waals surface area (Å²) in [4.78, 5) is 48.2. The van der Waals surface area contributed by atoms with Crippen LogP contribution in [-0.2, 0) is 22.4 Å². The highest BCUT2D eigenvalue weighted by Gasteiger charge is 2.36. The highest BCUT2D eigenvalue weighted by molar-refractivity contribution is 6.32. The molecule has 0 radical (unpaired) electrons. The molecular formula is C33H43ClN6O5. The molecule has 1 unspecified atom stereocenters. The summed E-state index contributed by atoms with van der Waals surface area (Å²) in [7, 11) is 0. The number of carbonyl (C=O) groups excluding carboxylic acids is 3. The lowest BCUT2D eigenvalue weighted by Crippen LogP contribution is -2.54. The zero-order valence-electron chi connectivity index (χ0n) is 25.6. The van der Waals surface area contributed by atoms with E-state index in [1.54, 1.807) is 17.0 Å². The number of hydrogen-bond donors (Lipinski definition) is 3. The van der Waals surface area contributed by atoms with Gasteiger partial charge >= 0.3 is 12.1 Å². The predicted octanol–water partition coefficient (Wildman–Crippen LogP) is 3.54. The number of likely N-dealkylation sites (tertiary alicyclic amines) is 2. The van der Waals surface area contributed by atoms with Gasteiger partial charge in [0.1, 0.15) is 5.75 Å². The smallest absolute Gasteiger partial charge is 0.410 e. The normalized spacial score (nSPS) is 21.1. The summed E-state index contributed by atoms with van der Waals surface area (Å²) in [5.74, 6) is -0.248. The maximum absolute atomic E-state index is 13.8. The van der Waals surface area contributed by atoms with Gasteiger partial charge in [0.2, 0.25) is 0 Å². The molecule has 4 aliphatic heterocycles. The number of aromatic hydroxyl groups is 1. The third-order valence-corrected chi connectivity index (χ3v) is 10.0. The van der Waals surface area contributed by atoms with Gasteiger partial charge in [0, 0.05) is 83.1 Å². The molecule has 4 amide bonds. The summed E-state index contributed by atoms with van der Waals surface area (Å²) in [5, 5.41) is 16.5. The fraction of sp³-hybridized carbons (Fsp3) is 0.545. The van der Waals surface area contributed by atoms with E-state index in [-0.39, 0.29) is 35.2 Å². The molecule has 4 aliphatic rings. The van der Waals surface area contributed by atoms with Gasteiger partial charge < -0.3 is 35.2 Å². The number of urea groups is 1. The number of ether oxygens (including phenoxy) is 1. The second-order valence-corrected chi connectivity index (χ2v) is 12.9. The fourth-order valence-electron chi connectivity index (χ4n) is 7.07. The number of fused-ring (bicyclic) bond motifs is 1. The summed E-state index contributed by atoms with van der Waals surface area (Å²) in [6.45, 7) is 6.74. The average molecular weight is 639 g/mol. The van der Waals surface area contributed by atoms with Gasteiger partial charge in [0.05, 0.1) is 5.02 Å². The Kier molecular flexibility index (Phi) is 9.97. The molecule has 3 N–H and O–H groups in total. The largest absolute Gasteiger partial charge is 0.506 e. The number of amides is 4. The second-order valence-electron chi connectivity index (χ2n) is 12.5. The van der Waals surface area contributed by atoms with Gasteiger partial charge in [-0.3, -0.25) is 9.69 Å². The molecule has 12 heteroatoms. The molecule has 0 saturated carbocycles. The van der Waals surface area contributed by atoms with Crippen molar-refractivity contribution in [1.82, 2.24) is 24.9 Å². The molecule has 242 valence electrons. The van der Waals surface area contributed by atoms with Crippen LogP contribution >= 0.6 is 11.6 Å². The van der Waals surface area contributed by atoms with E-state index in [4.69, 9.17) is 16.3 Å². The summed E-state index contributed by atoms with van der Waals surface area (Å²) in [6, 6.07) is 13.0. The first-order valence-corrected chi connectivity index (χ1v) is 16.6. The number of phenolic OH excluding ortho intramolecular Hbond substituents is 1. The number of piperidine rings is 2. The van der Waals surface area contributed by atoms with E-state index in [0.717, 1.165) is 56.7 Å². The lowest BCUT2D eigenvalue weighted by molar-refractivity contribution is -0.142. The molecule has 4 heterocycles. The number of rotatable bonds is 6. The topological polar surface area (TPSA) is 118 Å². The van der Waals surface area contributed by atoms with Gasteiger partial charge in [0.25, 0.3) is 5.91 Å². The van der Waals surface area contributed by atoms with Gasteiger partial charge in [0.15, 0.2) is 6.10 Å². The summed E-state index contributed by atoms with van der Waals surface area (Å²) in [5.41, 5.74) is 2.67. The van der Waals surface area contributed by atoms with Crippen LogP contribution in [0.3, 0.4) is 0 Å². The third kappa shape index (κ3) is 7.48. The third-order valence-electron chi connectivity index (χ3n) is 9.70. The molecule has 2 aromatic carbocycles. The number of phenols is 1. The molecule has 6 rings (SSSR count). The van der Waals surface area contributed by atoms with Crippen LogP contribution in [0.4, 0.5) is 15.3 Å². The van der Waals surface area contributed by atoms with Crippen molar-refractivity contribution in [2.24, 2.45) is 0 Å². The first-order chi connectivity index (χ1) is 21.9. The van der Waals surface area contributed by atoms with Crippen LogP contribution in [0.25, 0.3) is 0 Å². The van der Waals surface area contributed by atoms with Crippen molar-refractivity contribution in [3.63, 3.8) is 0 Å². The van der Waals surface area contributed by atoms with Crippen molar-refractivity contribution in [3.8, 4) is 5.75 Å². The van der Waals surface area contributed by atoms with Crippen LogP contribution in [0.5, 0.6) is 5.75 Å². The Labute approximate surface area is 269 Å². The van der Waals surface area contributed by atoms with E-state index in [0.29, 0.717) is 57.2 Å². The summed E-state index contributed by atoms with van der Waals surface area (Å²) >= 11 is 6.16. The van der Waals surface area contributed by atoms with Crippen molar-refractivity contribution in [1.29, 1.82) is 0 Å². The number of anilines is 1. The number of halogens is 1. The van der Waals surface area contributed by atoms with Crippen molar-refractivity contribution in [2.75, 3.05) is 64.2 Å². The van der Waals surface area contributed by atoms with E-state index >= 15 is 0 Å². The lowest BCUT2D eigenvalue weighted by atomic mass is 10.0. The van der Waals surface area contributed by atoms with Crippen LogP contribution < -0.4 is 10.6 Å². The molecule has 3 fully saturated rings. The van der Waals surface area contributed by atoms with Crippen LogP contribution in [0.2, 0.25) is 5.02 Å². The van der Waals surface area contributed by atoms with Crippen LogP contribution in [0.15, 0.2) is 42.5 Å². The van der Waals surface area contributed by atoms with Gasteiger partial charge in [-0.15, -0.1) is 0 Å². The molecule has 0 bridgehead atoms. The molecule has 1 atom stereocenters. The van der Waals surface area contributed by atoms with E-state index in [9.17, 15) is 19.5 Å². The van der Waals surface area contributed by atoms with E-state index in [1.165, 1.54) is 6.07 Å². The van der Waals surface area contributed by atoms with Gasteiger partial charge in [-0.2, -0.15) is 0 Å². The highest BCUT2D eigenvalue weighted by atomic mass is 35.5. The molecule has 3 saturated heterocycles. The molecule has 0 aliphatic carbocycles. The molecule has 11 nitrogen and oxygen atoms in total. The Hall–Kier alpha value is -3.54. The predicted molar refractivity (Wildman–Crippen MR) is 172 cm³/mol. The van der Waals surface area contributed by atoms with E-state index < -0.39 is 12.2 Å². The number of piperazine rings is 1. The number of nitrogens with one attached hydrogen (secondary N) is 2.